The molecule has 0 saturated carbocycles. The minimum Gasteiger partial charge on any atom is -0.354 e. The van der Waals surface area contributed by atoms with Gasteiger partial charge in [0.2, 0.25) is 0 Å². The zero-order chi connectivity index (χ0) is 9.26. The highest BCUT2D eigenvalue weighted by Gasteiger charge is 2.07. The average Bonchev–Trinajstić information content (AvgIpc) is 2.63. The highest BCUT2D eigenvalue weighted by molar-refractivity contribution is 7.12. The van der Waals surface area contributed by atoms with Crippen molar-refractivity contribution in [3.63, 3.8) is 0 Å². The van der Waals surface area contributed by atoms with Crippen molar-refractivity contribution in [1.29, 1.82) is 0 Å². The maximum atomic E-state index is 11.3. The van der Waals surface area contributed by atoms with Gasteiger partial charge in [-0.05, 0) is 22.6 Å². The fraction of sp³-hybridized carbons (Fsp3) is 0.100. The summed E-state index contributed by atoms with van der Waals surface area (Å²) >= 11 is 1.47. The van der Waals surface area contributed by atoms with Crippen LogP contribution in [0.15, 0.2) is 29.6 Å². The Kier molecular flexibility index (Phi) is 2.02. The Morgan fingerprint density at radius 1 is 1.38 bits per heavy atom. The van der Waals surface area contributed by atoms with Gasteiger partial charge in [-0.2, -0.15) is 0 Å². The van der Waals surface area contributed by atoms with Crippen LogP contribution >= 0.6 is 11.3 Å². The highest BCUT2D eigenvalue weighted by Crippen LogP contribution is 2.26. The summed E-state index contributed by atoms with van der Waals surface area (Å²) in [5.74, 6) is -0.0203. The van der Waals surface area contributed by atoms with Gasteiger partial charge in [0.1, 0.15) is 0 Å². The Hall–Kier alpha value is -1.35. The summed E-state index contributed by atoms with van der Waals surface area (Å²) in [6.45, 7) is 0. The molecular weight excluding hydrogens is 182 g/mol. The van der Waals surface area contributed by atoms with Crippen molar-refractivity contribution in [3.05, 3.63) is 34.5 Å². The van der Waals surface area contributed by atoms with Crippen LogP contribution in [0.2, 0.25) is 0 Å². The molecule has 0 radical (unpaired) electrons. The van der Waals surface area contributed by atoms with Gasteiger partial charge >= 0.3 is 0 Å². The van der Waals surface area contributed by atoms with Crippen LogP contribution in [0.5, 0.6) is 0 Å². The maximum Gasteiger partial charge on any atom is 0.261 e. The lowest BCUT2D eigenvalue weighted by atomic mass is 10.2. The number of nitrogens with one attached hydrogen (secondary N) is 1. The normalized spacial score (nSPS) is 10.2. The van der Waals surface area contributed by atoms with Crippen molar-refractivity contribution >= 4 is 17.2 Å². The molecule has 0 fully saturated rings. The van der Waals surface area contributed by atoms with Gasteiger partial charge in [-0.3, -0.25) is 4.79 Å². The predicted octanol–water partition coefficient (Wildman–Crippen LogP) is 2.21. The molecule has 1 heterocycles. The molecule has 1 amide bonds. The van der Waals surface area contributed by atoms with E-state index in [-0.39, 0.29) is 5.91 Å². The van der Waals surface area contributed by atoms with Crippen molar-refractivity contribution in [1.82, 2.24) is 5.32 Å². The van der Waals surface area contributed by atoms with Crippen LogP contribution in [-0.4, -0.2) is 13.0 Å². The van der Waals surface area contributed by atoms with E-state index in [0.29, 0.717) is 0 Å². The van der Waals surface area contributed by atoms with E-state index in [0.717, 1.165) is 10.4 Å². The summed E-state index contributed by atoms with van der Waals surface area (Å²) in [5, 5.41) is 4.61. The van der Waals surface area contributed by atoms with Gasteiger partial charge in [0.05, 0.1) is 4.88 Å². The van der Waals surface area contributed by atoms with Gasteiger partial charge in [0.25, 0.3) is 5.91 Å². The zero-order valence-corrected chi connectivity index (χ0v) is 8.02. The van der Waals surface area contributed by atoms with Crippen molar-refractivity contribution < 1.29 is 4.79 Å². The second-order valence-corrected chi connectivity index (χ2v) is 3.67. The number of hydrogen-bond acceptors (Lipinski definition) is 2. The topological polar surface area (TPSA) is 29.1 Å². The fourth-order valence-corrected chi connectivity index (χ4v) is 2.10. The van der Waals surface area contributed by atoms with E-state index in [4.69, 9.17) is 0 Å². The fourth-order valence-electron chi connectivity index (χ4n) is 1.23. The van der Waals surface area contributed by atoms with Crippen LogP contribution in [0.4, 0.5) is 0 Å². The number of carbonyl (C=O) groups excluding carboxylic acids is 1. The molecule has 2 aliphatic rings. The second kappa shape index (κ2) is 3.18. The Balaban J connectivity index is 2.49. The molecule has 13 heavy (non-hydrogen) atoms. The lowest BCUT2D eigenvalue weighted by Crippen LogP contribution is -2.16. The van der Waals surface area contributed by atoms with Crippen molar-refractivity contribution in [2.24, 2.45) is 0 Å². The third-order valence-electron chi connectivity index (χ3n) is 1.94. The van der Waals surface area contributed by atoms with Crippen LogP contribution in [0.3, 0.4) is 0 Å². The standard InChI is InChI=1S/C10H9NOS/c1-11-10(12)9-5-7-3-2-4-8(7)6-13-9/h2-6H,1H3,(H,11,12). The van der Waals surface area contributed by atoms with Gasteiger partial charge in [-0.15, -0.1) is 11.3 Å². The Labute approximate surface area is 80.5 Å². The third-order valence-corrected chi connectivity index (χ3v) is 2.86. The van der Waals surface area contributed by atoms with Crippen LogP contribution in [0, 0.1) is 0 Å². The first-order valence-electron chi connectivity index (χ1n) is 4.00. The average molecular weight is 191 g/mol. The molecule has 1 N–H and O–H groups in total. The molecule has 1 aliphatic carbocycles. The third kappa shape index (κ3) is 1.42. The molecule has 0 aromatic carbocycles. The summed E-state index contributed by atoms with van der Waals surface area (Å²) in [4.78, 5) is 12.0. The number of carbonyl (C=O) groups is 1. The van der Waals surface area contributed by atoms with Gasteiger partial charge in [0.15, 0.2) is 0 Å². The summed E-state index contributed by atoms with van der Waals surface area (Å²) in [7, 11) is 1.64. The lowest BCUT2D eigenvalue weighted by molar-refractivity contribution is 0.0967. The summed E-state index contributed by atoms with van der Waals surface area (Å²) in [6, 6.07) is 7.96. The molecule has 0 unspecified atom stereocenters. The Morgan fingerprint density at radius 2 is 2.15 bits per heavy atom. The molecule has 0 bridgehead atoms. The van der Waals surface area contributed by atoms with Gasteiger partial charge in [0, 0.05) is 7.05 Å². The first kappa shape index (κ1) is 8.26. The molecule has 0 aromatic heterocycles. The van der Waals surface area contributed by atoms with E-state index in [1.54, 1.807) is 7.05 Å². The smallest absolute Gasteiger partial charge is 0.261 e. The first-order valence-corrected chi connectivity index (χ1v) is 4.88. The molecule has 1 aliphatic heterocycles. The van der Waals surface area contributed by atoms with Gasteiger partial charge in [-0.1, -0.05) is 18.2 Å². The summed E-state index contributed by atoms with van der Waals surface area (Å²) in [6.07, 6.45) is 0. The van der Waals surface area contributed by atoms with E-state index in [1.807, 2.05) is 29.6 Å². The van der Waals surface area contributed by atoms with E-state index < -0.39 is 0 Å². The zero-order valence-electron chi connectivity index (χ0n) is 7.20. The molecule has 2 rings (SSSR count). The van der Waals surface area contributed by atoms with Gasteiger partial charge < -0.3 is 5.32 Å². The van der Waals surface area contributed by atoms with E-state index in [9.17, 15) is 4.79 Å². The summed E-state index contributed by atoms with van der Waals surface area (Å²) < 4.78 is 0. The van der Waals surface area contributed by atoms with Crippen molar-refractivity contribution in [3.8, 4) is 11.1 Å². The van der Waals surface area contributed by atoms with Crippen molar-refractivity contribution in [2.75, 3.05) is 7.05 Å². The Morgan fingerprint density at radius 3 is 2.92 bits per heavy atom. The van der Waals surface area contributed by atoms with E-state index in [1.165, 1.54) is 16.9 Å². The largest absolute Gasteiger partial charge is 0.354 e. The van der Waals surface area contributed by atoms with Crippen LogP contribution in [0.25, 0.3) is 11.1 Å². The number of amides is 1. The monoisotopic (exact) mass is 191 g/mol. The predicted molar refractivity (Wildman–Crippen MR) is 54.3 cm³/mol. The van der Waals surface area contributed by atoms with E-state index >= 15 is 0 Å². The number of fused-ring (bicyclic) bond motifs is 1. The Bertz CT molecular complexity index is 407. The number of hydrogen-bond donors (Lipinski definition) is 1. The van der Waals surface area contributed by atoms with Crippen molar-refractivity contribution in [2.45, 2.75) is 0 Å². The highest BCUT2D eigenvalue weighted by atomic mass is 32.1. The molecule has 66 valence electrons. The molecule has 0 aromatic rings. The first-order chi connectivity index (χ1) is 6.31. The van der Waals surface area contributed by atoms with Crippen LogP contribution in [-0.2, 0) is 0 Å². The molecule has 2 nitrogen and oxygen atoms in total. The maximum absolute atomic E-state index is 11.3. The molecular formula is C10H9NOS. The summed E-state index contributed by atoms with van der Waals surface area (Å²) in [5.41, 5.74) is 2.31. The molecule has 3 heteroatoms. The van der Waals surface area contributed by atoms with Crippen LogP contribution in [0.1, 0.15) is 9.67 Å². The quantitative estimate of drug-likeness (QED) is 0.735. The molecule has 0 atom stereocenters. The second-order valence-electron chi connectivity index (χ2n) is 2.76. The minimum absolute atomic E-state index is 0.0203. The SMILES string of the molecule is CNC(=O)c1cc2cccc-2cs1. The van der Waals surface area contributed by atoms with Gasteiger partial charge in [-0.25, -0.2) is 0 Å². The van der Waals surface area contributed by atoms with Crippen LogP contribution < -0.4 is 5.32 Å². The lowest BCUT2D eigenvalue weighted by Gasteiger charge is -2.01. The molecule has 0 saturated heterocycles. The minimum atomic E-state index is -0.0203. The molecule has 0 spiro atoms. The number of rotatable bonds is 1. The van der Waals surface area contributed by atoms with E-state index in [2.05, 4.69) is 5.32 Å².